The molecule has 0 spiro atoms. The van der Waals surface area contributed by atoms with Crippen LogP contribution in [0.4, 0.5) is 5.69 Å². The van der Waals surface area contributed by atoms with E-state index in [9.17, 15) is 0 Å². The lowest BCUT2D eigenvalue weighted by Crippen LogP contribution is -2.34. The van der Waals surface area contributed by atoms with Crippen molar-refractivity contribution >= 4 is 16.6 Å². The lowest BCUT2D eigenvalue weighted by Gasteiger charge is -2.32. The van der Waals surface area contributed by atoms with Crippen molar-refractivity contribution in [1.82, 2.24) is 9.88 Å². The maximum atomic E-state index is 6.05. The van der Waals surface area contributed by atoms with Gasteiger partial charge in [0.2, 0.25) is 0 Å². The Morgan fingerprint density at radius 1 is 1.35 bits per heavy atom. The highest BCUT2D eigenvalue weighted by molar-refractivity contribution is 5.92. The molecule has 3 rings (SSSR count). The van der Waals surface area contributed by atoms with E-state index in [2.05, 4.69) is 28.9 Å². The molecule has 1 aliphatic heterocycles. The maximum absolute atomic E-state index is 6.05. The first-order valence-electron chi connectivity index (χ1n) is 7.62. The van der Waals surface area contributed by atoms with Crippen LogP contribution in [-0.4, -0.2) is 23.0 Å². The largest absolute Gasteiger partial charge is 0.398 e. The topological polar surface area (TPSA) is 42.1 Å². The molecule has 0 amide bonds. The molecule has 20 heavy (non-hydrogen) atoms. The Balaban J connectivity index is 1.86. The van der Waals surface area contributed by atoms with E-state index in [0.717, 1.165) is 29.1 Å². The summed E-state index contributed by atoms with van der Waals surface area (Å²) >= 11 is 0. The van der Waals surface area contributed by atoms with E-state index in [4.69, 9.17) is 5.73 Å². The zero-order valence-corrected chi connectivity index (χ0v) is 12.2. The first-order valence-corrected chi connectivity index (χ1v) is 7.62. The molecule has 1 aromatic heterocycles. The molecule has 1 saturated heterocycles. The number of likely N-dealkylation sites (tertiary alicyclic amines) is 1. The Morgan fingerprint density at radius 2 is 2.25 bits per heavy atom. The van der Waals surface area contributed by atoms with E-state index in [1.54, 1.807) is 0 Å². The molecular weight excluding hydrogens is 246 g/mol. The van der Waals surface area contributed by atoms with E-state index in [-0.39, 0.29) is 0 Å². The van der Waals surface area contributed by atoms with Gasteiger partial charge in [-0.3, -0.25) is 9.88 Å². The molecule has 2 heterocycles. The van der Waals surface area contributed by atoms with Gasteiger partial charge in [0.1, 0.15) is 0 Å². The summed E-state index contributed by atoms with van der Waals surface area (Å²) in [4.78, 5) is 7.11. The van der Waals surface area contributed by atoms with Crippen LogP contribution < -0.4 is 5.73 Å². The third-order valence-electron chi connectivity index (χ3n) is 4.46. The van der Waals surface area contributed by atoms with Crippen LogP contribution in [0.3, 0.4) is 0 Å². The Morgan fingerprint density at radius 3 is 3.10 bits per heavy atom. The van der Waals surface area contributed by atoms with Gasteiger partial charge in [0, 0.05) is 30.4 Å². The second kappa shape index (κ2) is 5.80. The van der Waals surface area contributed by atoms with E-state index >= 15 is 0 Å². The van der Waals surface area contributed by atoms with Crippen LogP contribution in [0.1, 0.15) is 31.7 Å². The van der Waals surface area contributed by atoms with Gasteiger partial charge >= 0.3 is 0 Å². The van der Waals surface area contributed by atoms with Gasteiger partial charge in [-0.15, -0.1) is 0 Å². The van der Waals surface area contributed by atoms with Crippen molar-refractivity contribution in [1.29, 1.82) is 0 Å². The summed E-state index contributed by atoms with van der Waals surface area (Å²) in [7, 11) is 0. The van der Waals surface area contributed by atoms with Gasteiger partial charge in [0.05, 0.1) is 5.52 Å². The number of hydrogen-bond acceptors (Lipinski definition) is 3. The lowest BCUT2D eigenvalue weighted by molar-refractivity contribution is 0.165. The molecule has 0 saturated carbocycles. The number of nitrogens with two attached hydrogens (primary N) is 1. The summed E-state index contributed by atoms with van der Waals surface area (Å²) in [5.41, 5.74) is 9.23. The standard InChI is InChI=1S/C17H23N3/c1-2-13-5-4-10-20(11-13)12-14-7-8-16(18)15-6-3-9-19-17(14)15/h3,6-9,13H,2,4-5,10-12,18H2,1H3. The van der Waals surface area contributed by atoms with Crippen LogP contribution in [0.2, 0.25) is 0 Å². The Bertz CT molecular complexity index is 594. The molecule has 1 aromatic carbocycles. The van der Waals surface area contributed by atoms with Gasteiger partial charge in [0.25, 0.3) is 0 Å². The van der Waals surface area contributed by atoms with Gasteiger partial charge in [-0.1, -0.05) is 19.4 Å². The van der Waals surface area contributed by atoms with Crippen LogP contribution >= 0.6 is 0 Å². The molecule has 0 radical (unpaired) electrons. The molecule has 1 unspecified atom stereocenters. The van der Waals surface area contributed by atoms with Crippen LogP contribution in [-0.2, 0) is 6.54 Å². The summed E-state index contributed by atoms with van der Waals surface area (Å²) in [5, 5.41) is 1.08. The van der Waals surface area contributed by atoms with Crippen molar-refractivity contribution in [2.45, 2.75) is 32.7 Å². The van der Waals surface area contributed by atoms with Crippen LogP contribution in [0, 0.1) is 5.92 Å². The number of piperidine rings is 1. The quantitative estimate of drug-likeness (QED) is 0.868. The number of fused-ring (bicyclic) bond motifs is 1. The molecular formula is C17H23N3. The van der Waals surface area contributed by atoms with Crippen molar-refractivity contribution in [3.8, 4) is 0 Å². The van der Waals surface area contributed by atoms with E-state index < -0.39 is 0 Å². The Kier molecular flexibility index (Phi) is 3.88. The number of pyridine rings is 1. The third kappa shape index (κ3) is 2.63. The zero-order valence-electron chi connectivity index (χ0n) is 12.2. The summed E-state index contributed by atoms with van der Waals surface area (Å²) in [5.74, 6) is 0.858. The lowest BCUT2D eigenvalue weighted by atomic mass is 9.95. The normalized spacial score (nSPS) is 20.4. The smallest absolute Gasteiger partial charge is 0.0767 e. The molecule has 0 bridgehead atoms. The molecule has 0 aliphatic carbocycles. The highest BCUT2D eigenvalue weighted by atomic mass is 15.1. The highest BCUT2D eigenvalue weighted by Gasteiger charge is 2.19. The summed E-state index contributed by atoms with van der Waals surface area (Å²) in [6, 6.07) is 8.17. The number of nitrogens with zero attached hydrogens (tertiary/aromatic N) is 2. The fourth-order valence-electron chi connectivity index (χ4n) is 3.25. The first kappa shape index (κ1) is 13.4. The minimum Gasteiger partial charge on any atom is -0.398 e. The number of rotatable bonds is 3. The fraction of sp³-hybridized carbons (Fsp3) is 0.471. The minimum absolute atomic E-state index is 0.821. The van der Waals surface area contributed by atoms with Gasteiger partial charge in [-0.2, -0.15) is 0 Å². The number of aromatic nitrogens is 1. The van der Waals surface area contributed by atoms with E-state index in [0.29, 0.717) is 0 Å². The van der Waals surface area contributed by atoms with Crippen LogP contribution in [0.15, 0.2) is 30.5 Å². The molecule has 1 atom stereocenters. The van der Waals surface area contributed by atoms with Crippen molar-refractivity contribution in [3.63, 3.8) is 0 Å². The van der Waals surface area contributed by atoms with Crippen LogP contribution in [0.5, 0.6) is 0 Å². The predicted octanol–water partition coefficient (Wildman–Crippen LogP) is 3.44. The van der Waals surface area contributed by atoms with Crippen molar-refractivity contribution in [2.75, 3.05) is 18.8 Å². The SMILES string of the molecule is CCC1CCCN(Cc2ccc(N)c3cccnc23)C1. The van der Waals surface area contributed by atoms with Crippen molar-refractivity contribution < 1.29 is 0 Å². The van der Waals surface area contributed by atoms with Crippen LogP contribution in [0.25, 0.3) is 10.9 Å². The number of nitrogen functional groups attached to an aromatic ring is 1. The van der Waals surface area contributed by atoms with E-state index in [1.165, 1.54) is 37.9 Å². The molecule has 2 aromatic rings. The van der Waals surface area contributed by atoms with Gasteiger partial charge < -0.3 is 5.73 Å². The maximum Gasteiger partial charge on any atom is 0.0767 e. The Labute approximate surface area is 120 Å². The molecule has 1 aliphatic rings. The minimum atomic E-state index is 0.821. The second-order valence-corrected chi connectivity index (χ2v) is 5.87. The number of hydrogen-bond donors (Lipinski definition) is 1. The summed E-state index contributed by atoms with van der Waals surface area (Å²) < 4.78 is 0. The van der Waals surface area contributed by atoms with Gasteiger partial charge in [-0.25, -0.2) is 0 Å². The number of benzene rings is 1. The Hall–Kier alpha value is -1.61. The van der Waals surface area contributed by atoms with Gasteiger partial charge in [-0.05, 0) is 49.1 Å². The fourth-order valence-corrected chi connectivity index (χ4v) is 3.25. The molecule has 3 heteroatoms. The molecule has 106 valence electrons. The third-order valence-corrected chi connectivity index (χ3v) is 4.46. The molecule has 2 N–H and O–H groups in total. The number of anilines is 1. The average molecular weight is 269 g/mol. The summed E-state index contributed by atoms with van der Waals surface area (Å²) in [6.45, 7) is 5.71. The average Bonchev–Trinajstić information content (AvgIpc) is 2.51. The van der Waals surface area contributed by atoms with Gasteiger partial charge in [0.15, 0.2) is 0 Å². The molecule has 1 fully saturated rings. The van der Waals surface area contributed by atoms with Crippen molar-refractivity contribution in [2.24, 2.45) is 5.92 Å². The molecule has 3 nitrogen and oxygen atoms in total. The summed E-state index contributed by atoms with van der Waals surface area (Å²) in [6.07, 6.45) is 5.85. The monoisotopic (exact) mass is 269 g/mol. The highest BCUT2D eigenvalue weighted by Crippen LogP contribution is 2.26. The van der Waals surface area contributed by atoms with E-state index in [1.807, 2.05) is 18.3 Å². The predicted molar refractivity (Wildman–Crippen MR) is 84.4 cm³/mol. The van der Waals surface area contributed by atoms with Crippen molar-refractivity contribution in [3.05, 3.63) is 36.0 Å². The second-order valence-electron chi connectivity index (χ2n) is 5.87. The first-order chi connectivity index (χ1) is 9.78. The zero-order chi connectivity index (χ0) is 13.9.